The Morgan fingerprint density at radius 1 is 1.10 bits per heavy atom. The summed E-state index contributed by atoms with van der Waals surface area (Å²) in [6, 6.07) is 12.4. The molecule has 0 radical (unpaired) electrons. The molecule has 0 aliphatic rings. The molecule has 29 heavy (non-hydrogen) atoms. The SMILES string of the molecule is Cc1ccc(-c2nnn(CC(=O)Nc3ccc(C)c(S(=O)(=O)N(C)C)c3)n2)cc1. The smallest absolute Gasteiger partial charge is 0.248 e. The van der Waals surface area contributed by atoms with Crippen molar-refractivity contribution in [2.75, 3.05) is 19.4 Å². The molecule has 0 unspecified atom stereocenters. The number of anilines is 1. The molecule has 3 rings (SSSR count). The van der Waals surface area contributed by atoms with E-state index in [9.17, 15) is 13.2 Å². The van der Waals surface area contributed by atoms with Crippen LogP contribution < -0.4 is 5.32 Å². The molecule has 0 fully saturated rings. The minimum atomic E-state index is -3.61. The highest BCUT2D eigenvalue weighted by Gasteiger charge is 2.20. The quantitative estimate of drug-likeness (QED) is 0.659. The Kier molecular flexibility index (Phi) is 5.76. The zero-order valence-corrected chi connectivity index (χ0v) is 17.4. The van der Waals surface area contributed by atoms with Gasteiger partial charge in [0, 0.05) is 25.3 Å². The fraction of sp³-hybridized carbons (Fsp3) is 0.263. The van der Waals surface area contributed by atoms with Crippen molar-refractivity contribution in [2.45, 2.75) is 25.3 Å². The van der Waals surface area contributed by atoms with Crippen molar-refractivity contribution in [2.24, 2.45) is 0 Å². The summed E-state index contributed by atoms with van der Waals surface area (Å²) in [5, 5.41) is 14.8. The van der Waals surface area contributed by atoms with E-state index in [1.54, 1.807) is 19.1 Å². The third-order valence-corrected chi connectivity index (χ3v) is 6.24. The van der Waals surface area contributed by atoms with Gasteiger partial charge < -0.3 is 5.32 Å². The van der Waals surface area contributed by atoms with Crippen molar-refractivity contribution in [1.29, 1.82) is 0 Å². The summed E-state index contributed by atoms with van der Waals surface area (Å²) in [5.41, 5.74) is 2.89. The Labute approximate surface area is 169 Å². The Morgan fingerprint density at radius 3 is 2.45 bits per heavy atom. The number of amides is 1. The number of aryl methyl sites for hydroxylation is 2. The summed E-state index contributed by atoms with van der Waals surface area (Å²) in [7, 11) is -0.692. The van der Waals surface area contributed by atoms with Crippen LogP contribution in [0.2, 0.25) is 0 Å². The lowest BCUT2D eigenvalue weighted by atomic mass is 10.1. The van der Waals surface area contributed by atoms with E-state index in [0.29, 0.717) is 17.1 Å². The molecule has 1 amide bonds. The van der Waals surface area contributed by atoms with Gasteiger partial charge >= 0.3 is 0 Å². The maximum Gasteiger partial charge on any atom is 0.248 e. The van der Waals surface area contributed by atoms with Crippen LogP contribution in [-0.2, 0) is 21.4 Å². The number of hydrogen-bond donors (Lipinski definition) is 1. The molecule has 1 aromatic heterocycles. The molecular weight excluding hydrogens is 392 g/mol. The van der Waals surface area contributed by atoms with Crippen molar-refractivity contribution in [3.8, 4) is 11.4 Å². The highest BCUT2D eigenvalue weighted by molar-refractivity contribution is 7.89. The van der Waals surface area contributed by atoms with E-state index in [4.69, 9.17) is 0 Å². The number of carbonyl (C=O) groups excluding carboxylic acids is 1. The standard InChI is InChI=1S/C19H22N6O3S/c1-13-5-8-15(9-6-13)19-21-23-25(22-19)12-18(26)20-16-10-7-14(2)17(11-16)29(27,28)24(3)4/h5-11H,12H2,1-4H3,(H,20,26). The molecular formula is C19H22N6O3S. The molecule has 2 aromatic carbocycles. The predicted octanol–water partition coefficient (Wildman–Crippen LogP) is 1.85. The number of carbonyl (C=O) groups is 1. The van der Waals surface area contributed by atoms with E-state index in [-0.39, 0.29) is 11.4 Å². The summed E-state index contributed by atoms with van der Waals surface area (Å²) < 4.78 is 26.0. The van der Waals surface area contributed by atoms with Crippen LogP contribution >= 0.6 is 0 Å². The summed E-state index contributed by atoms with van der Waals surface area (Å²) in [5.74, 6) is 0.0300. The molecule has 0 bridgehead atoms. The summed E-state index contributed by atoms with van der Waals surface area (Å²) in [4.78, 5) is 13.7. The lowest BCUT2D eigenvalue weighted by molar-refractivity contribution is -0.117. The van der Waals surface area contributed by atoms with Crippen LogP contribution in [0.25, 0.3) is 11.4 Å². The van der Waals surface area contributed by atoms with Gasteiger partial charge in [0.05, 0.1) is 4.90 Å². The molecule has 0 atom stereocenters. The number of nitrogens with one attached hydrogen (secondary N) is 1. The van der Waals surface area contributed by atoms with Crippen LogP contribution in [0.15, 0.2) is 47.4 Å². The van der Waals surface area contributed by atoms with Crippen molar-refractivity contribution < 1.29 is 13.2 Å². The topological polar surface area (TPSA) is 110 Å². The number of nitrogens with zero attached hydrogens (tertiary/aromatic N) is 5. The van der Waals surface area contributed by atoms with E-state index < -0.39 is 15.9 Å². The van der Waals surface area contributed by atoms with Gasteiger partial charge in [0.2, 0.25) is 21.8 Å². The Morgan fingerprint density at radius 2 is 1.79 bits per heavy atom. The van der Waals surface area contributed by atoms with Crippen LogP contribution in [0, 0.1) is 13.8 Å². The second-order valence-electron chi connectivity index (χ2n) is 6.83. The average molecular weight is 414 g/mol. The van der Waals surface area contributed by atoms with Gasteiger partial charge in [0.25, 0.3) is 0 Å². The van der Waals surface area contributed by atoms with Crippen LogP contribution in [0.5, 0.6) is 0 Å². The molecule has 152 valence electrons. The third-order valence-electron chi connectivity index (χ3n) is 4.28. The van der Waals surface area contributed by atoms with Crippen LogP contribution in [0.1, 0.15) is 11.1 Å². The van der Waals surface area contributed by atoms with E-state index in [0.717, 1.165) is 15.4 Å². The van der Waals surface area contributed by atoms with Gasteiger partial charge in [0.1, 0.15) is 6.54 Å². The minimum absolute atomic E-state index is 0.140. The largest absolute Gasteiger partial charge is 0.324 e. The molecule has 0 saturated heterocycles. The van der Waals surface area contributed by atoms with Gasteiger partial charge in [-0.2, -0.15) is 4.80 Å². The summed E-state index contributed by atoms with van der Waals surface area (Å²) >= 11 is 0. The molecule has 0 aliphatic heterocycles. The molecule has 1 N–H and O–H groups in total. The van der Waals surface area contributed by atoms with Gasteiger partial charge in [-0.15, -0.1) is 10.2 Å². The van der Waals surface area contributed by atoms with Gasteiger partial charge in [-0.1, -0.05) is 35.9 Å². The molecule has 10 heteroatoms. The monoisotopic (exact) mass is 414 g/mol. The molecule has 3 aromatic rings. The lowest BCUT2D eigenvalue weighted by Crippen LogP contribution is -2.24. The van der Waals surface area contributed by atoms with Gasteiger partial charge in [0.15, 0.2) is 0 Å². The van der Waals surface area contributed by atoms with E-state index >= 15 is 0 Å². The summed E-state index contributed by atoms with van der Waals surface area (Å²) in [6.07, 6.45) is 0. The number of sulfonamides is 1. The van der Waals surface area contributed by atoms with Crippen LogP contribution in [-0.4, -0.2) is 52.9 Å². The molecule has 1 heterocycles. The van der Waals surface area contributed by atoms with Crippen LogP contribution in [0.3, 0.4) is 0 Å². The first kappa shape index (κ1) is 20.6. The van der Waals surface area contributed by atoms with Crippen LogP contribution in [0.4, 0.5) is 5.69 Å². The zero-order chi connectivity index (χ0) is 21.2. The third kappa shape index (κ3) is 4.66. The van der Waals surface area contributed by atoms with E-state index in [1.807, 2.05) is 31.2 Å². The Balaban J connectivity index is 1.73. The molecule has 0 spiro atoms. The number of tetrazole rings is 1. The fourth-order valence-electron chi connectivity index (χ4n) is 2.61. The number of benzene rings is 2. The van der Waals surface area contributed by atoms with Crippen molar-refractivity contribution in [3.05, 3.63) is 53.6 Å². The van der Waals surface area contributed by atoms with Crippen molar-refractivity contribution in [3.63, 3.8) is 0 Å². The Hall–Kier alpha value is -3.11. The number of aromatic nitrogens is 4. The van der Waals surface area contributed by atoms with Gasteiger partial charge in [-0.05, 0) is 36.8 Å². The van der Waals surface area contributed by atoms with Crippen molar-refractivity contribution >= 4 is 21.6 Å². The first-order chi connectivity index (χ1) is 13.7. The highest BCUT2D eigenvalue weighted by atomic mass is 32.2. The minimum Gasteiger partial charge on any atom is -0.324 e. The molecule has 0 aliphatic carbocycles. The normalized spacial score (nSPS) is 11.6. The van der Waals surface area contributed by atoms with Gasteiger partial charge in [-0.3, -0.25) is 4.79 Å². The van der Waals surface area contributed by atoms with Gasteiger partial charge in [-0.25, -0.2) is 12.7 Å². The van der Waals surface area contributed by atoms with E-state index in [1.165, 1.54) is 25.0 Å². The van der Waals surface area contributed by atoms with E-state index in [2.05, 4.69) is 20.7 Å². The highest BCUT2D eigenvalue weighted by Crippen LogP contribution is 2.22. The maximum atomic E-state index is 12.4. The second-order valence-corrected chi connectivity index (χ2v) is 8.95. The zero-order valence-electron chi connectivity index (χ0n) is 16.6. The number of hydrogen-bond acceptors (Lipinski definition) is 6. The lowest BCUT2D eigenvalue weighted by Gasteiger charge is -2.15. The maximum absolute atomic E-state index is 12.4. The Bertz CT molecular complexity index is 1140. The molecule has 9 nitrogen and oxygen atoms in total. The average Bonchev–Trinajstić information content (AvgIpc) is 3.12. The number of rotatable bonds is 6. The second kappa shape index (κ2) is 8.10. The fourth-order valence-corrected chi connectivity index (χ4v) is 3.75. The molecule has 0 saturated carbocycles. The first-order valence-electron chi connectivity index (χ1n) is 8.84. The predicted molar refractivity (Wildman–Crippen MR) is 109 cm³/mol. The first-order valence-corrected chi connectivity index (χ1v) is 10.3. The van der Waals surface area contributed by atoms with Crippen molar-refractivity contribution in [1.82, 2.24) is 24.5 Å². The summed E-state index contributed by atoms with van der Waals surface area (Å²) in [6.45, 7) is 3.54.